The minimum Gasteiger partial charge on any atom is -0.459 e. The zero-order valence-electron chi connectivity index (χ0n) is 13.4. The van der Waals surface area contributed by atoms with Crippen molar-refractivity contribution in [3.63, 3.8) is 0 Å². The highest BCUT2D eigenvalue weighted by Gasteiger charge is 2.14. The quantitative estimate of drug-likeness (QED) is 0.538. The zero-order chi connectivity index (χ0) is 18.6. The molecule has 26 heavy (non-hydrogen) atoms. The molecule has 0 amide bonds. The number of rotatable bonds is 6. The predicted molar refractivity (Wildman–Crippen MR) is 106 cm³/mol. The van der Waals surface area contributed by atoms with Crippen LogP contribution in [0.15, 0.2) is 79.4 Å². The van der Waals surface area contributed by atoms with E-state index in [1.54, 1.807) is 48.7 Å². The van der Waals surface area contributed by atoms with E-state index in [2.05, 4.69) is 25.6 Å². The zero-order valence-corrected chi connectivity index (χ0v) is 16.6. The Kier molecular flexibility index (Phi) is 5.93. The molecule has 0 atom stereocenters. The molecule has 1 heterocycles. The first-order valence-electron chi connectivity index (χ1n) is 7.56. The van der Waals surface area contributed by atoms with Crippen molar-refractivity contribution in [1.29, 1.82) is 0 Å². The molecule has 8 heteroatoms. The van der Waals surface area contributed by atoms with E-state index in [0.29, 0.717) is 22.2 Å². The van der Waals surface area contributed by atoms with Gasteiger partial charge in [0.2, 0.25) is 10.0 Å². The molecule has 5 nitrogen and oxygen atoms in total. The number of sulfonamides is 1. The Bertz CT molecular complexity index is 1030. The van der Waals surface area contributed by atoms with Gasteiger partial charge in [0, 0.05) is 9.50 Å². The molecule has 0 aliphatic carbocycles. The van der Waals surface area contributed by atoms with Crippen molar-refractivity contribution in [3.05, 3.63) is 81.7 Å². The third-order valence-corrected chi connectivity index (χ3v) is 5.57. The molecule has 0 aliphatic heterocycles. The fourth-order valence-corrected chi connectivity index (χ4v) is 3.56. The highest BCUT2D eigenvalue weighted by molar-refractivity contribution is 9.10. The van der Waals surface area contributed by atoms with E-state index in [1.807, 2.05) is 6.07 Å². The van der Waals surface area contributed by atoms with Crippen LogP contribution in [-0.2, 0) is 16.6 Å². The van der Waals surface area contributed by atoms with Crippen LogP contribution in [0.5, 0.6) is 0 Å². The van der Waals surface area contributed by atoms with Gasteiger partial charge in [-0.3, -0.25) is 4.99 Å². The van der Waals surface area contributed by atoms with Crippen LogP contribution in [0.2, 0.25) is 5.02 Å². The van der Waals surface area contributed by atoms with Crippen LogP contribution in [0.25, 0.3) is 0 Å². The molecular weight excluding hydrogens is 440 g/mol. The van der Waals surface area contributed by atoms with E-state index in [-0.39, 0.29) is 11.4 Å². The summed E-state index contributed by atoms with van der Waals surface area (Å²) in [5.41, 5.74) is 0.700. The Morgan fingerprint density at radius 2 is 1.88 bits per heavy atom. The summed E-state index contributed by atoms with van der Waals surface area (Å²) in [4.78, 5) is 4.46. The summed E-state index contributed by atoms with van der Waals surface area (Å²) in [7, 11) is -3.61. The van der Waals surface area contributed by atoms with Crippen LogP contribution in [0.4, 0.5) is 5.69 Å². The van der Waals surface area contributed by atoms with E-state index < -0.39 is 10.0 Å². The fourth-order valence-electron chi connectivity index (χ4n) is 2.12. The number of benzene rings is 2. The minimum absolute atomic E-state index is 0.0450. The van der Waals surface area contributed by atoms with Gasteiger partial charge >= 0.3 is 0 Å². The standard InChI is InChI=1S/C18H14BrClN2O3S/c19-13-4-8-18(9-5-13)26(23,24)22-12-17-7-6-16(25-17)11-21-15-3-1-2-14(20)10-15/h1-11,22H,12H2. The Morgan fingerprint density at radius 3 is 2.62 bits per heavy atom. The molecule has 3 rings (SSSR count). The Hall–Kier alpha value is -1.93. The molecule has 0 spiro atoms. The topological polar surface area (TPSA) is 71.7 Å². The molecule has 0 aliphatic rings. The highest BCUT2D eigenvalue weighted by atomic mass is 79.9. The maximum absolute atomic E-state index is 12.3. The second-order valence-electron chi connectivity index (χ2n) is 5.32. The Balaban J connectivity index is 1.64. The van der Waals surface area contributed by atoms with Gasteiger partial charge in [-0.25, -0.2) is 13.1 Å². The molecule has 0 saturated carbocycles. The van der Waals surface area contributed by atoms with E-state index in [0.717, 1.165) is 4.47 Å². The number of hydrogen-bond acceptors (Lipinski definition) is 4. The van der Waals surface area contributed by atoms with Crippen molar-refractivity contribution in [2.24, 2.45) is 4.99 Å². The van der Waals surface area contributed by atoms with Crippen molar-refractivity contribution in [3.8, 4) is 0 Å². The predicted octanol–water partition coefficient (Wildman–Crippen LogP) is 4.92. The maximum atomic E-state index is 12.3. The Morgan fingerprint density at radius 1 is 1.12 bits per heavy atom. The average molecular weight is 454 g/mol. The lowest BCUT2D eigenvalue weighted by Gasteiger charge is -2.05. The van der Waals surface area contributed by atoms with Crippen molar-refractivity contribution >= 4 is 49.5 Å². The molecular formula is C18H14BrClN2O3S. The third-order valence-electron chi connectivity index (χ3n) is 3.39. The van der Waals surface area contributed by atoms with E-state index in [4.69, 9.17) is 16.0 Å². The number of nitrogens with one attached hydrogen (secondary N) is 1. The van der Waals surface area contributed by atoms with Gasteiger partial charge in [-0.2, -0.15) is 0 Å². The van der Waals surface area contributed by atoms with Crippen molar-refractivity contribution in [2.75, 3.05) is 0 Å². The summed E-state index contributed by atoms with van der Waals surface area (Å²) in [6, 6.07) is 16.9. The van der Waals surface area contributed by atoms with E-state index >= 15 is 0 Å². The maximum Gasteiger partial charge on any atom is 0.240 e. The lowest BCUT2D eigenvalue weighted by atomic mass is 10.3. The fraction of sp³-hybridized carbons (Fsp3) is 0.0556. The summed E-state index contributed by atoms with van der Waals surface area (Å²) in [6.45, 7) is 0.0450. The van der Waals surface area contributed by atoms with Gasteiger partial charge in [0.05, 0.1) is 23.3 Å². The molecule has 0 radical (unpaired) electrons. The largest absolute Gasteiger partial charge is 0.459 e. The second-order valence-corrected chi connectivity index (χ2v) is 8.44. The normalized spacial score (nSPS) is 11.9. The summed E-state index contributed by atoms with van der Waals surface area (Å²) in [5, 5.41) is 0.599. The highest BCUT2D eigenvalue weighted by Crippen LogP contribution is 2.18. The van der Waals surface area contributed by atoms with Crippen LogP contribution in [0.3, 0.4) is 0 Å². The third kappa shape index (κ3) is 5.04. The lowest BCUT2D eigenvalue weighted by Crippen LogP contribution is -2.22. The summed E-state index contributed by atoms with van der Waals surface area (Å²) >= 11 is 9.18. The van der Waals surface area contributed by atoms with E-state index in [1.165, 1.54) is 12.1 Å². The molecule has 134 valence electrons. The summed E-state index contributed by atoms with van der Waals surface area (Å²) in [5.74, 6) is 1.00. The number of aliphatic imine (C=N–C) groups is 1. The van der Waals surface area contributed by atoms with Gasteiger partial charge < -0.3 is 4.42 Å². The van der Waals surface area contributed by atoms with Crippen molar-refractivity contribution in [2.45, 2.75) is 11.4 Å². The summed E-state index contributed by atoms with van der Waals surface area (Å²) in [6.07, 6.45) is 1.55. The second kappa shape index (κ2) is 8.18. The minimum atomic E-state index is -3.61. The first-order valence-corrected chi connectivity index (χ1v) is 10.2. The average Bonchev–Trinajstić information content (AvgIpc) is 3.07. The van der Waals surface area contributed by atoms with Gasteiger partial charge in [-0.1, -0.05) is 33.6 Å². The summed E-state index contributed by atoms with van der Waals surface area (Å²) < 4.78 is 33.4. The molecule has 0 bridgehead atoms. The number of halogens is 2. The number of nitrogens with zero attached hydrogens (tertiary/aromatic N) is 1. The molecule has 2 aromatic carbocycles. The lowest BCUT2D eigenvalue weighted by molar-refractivity contribution is 0.494. The monoisotopic (exact) mass is 452 g/mol. The van der Waals surface area contributed by atoms with E-state index in [9.17, 15) is 8.42 Å². The number of furan rings is 1. The molecule has 0 saturated heterocycles. The number of hydrogen-bond donors (Lipinski definition) is 1. The first-order chi connectivity index (χ1) is 12.4. The van der Waals surface area contributed by atoms with Crippen LogP contribution >= 0.6 is 27.5 Å². The van der Waals surface area contributed by atoms with Crippen molar-refractivity contribution in [1.82, 2.24) is 4.72 Å². The van der Waals surface area contributed by atoms with Crippen LogP contribution < -0.4 is 4.72 Å². The molecule has 0 fully saturated rings. The molecule has 1 N–H and O–H groups in total. The van der Waals surface area contributed by atoms with Crippen molar-refractivity contribution < 1.29 is 12.8 Å². The molecule has 0 unspecified atom stereocenters. The van der Waals surface area contributed by atoms with Crippen LogP contribution in [-0.4, -0.2) is 14.6 Å². The van der Waals surface area contributed by atoms with Crippen LogP contribution in [0, 0.1) is 0 Å². The van der Waals surface area contributed by atoms with Gasteiger partial charge in [0.1, 0.15) is 11.5 Å². The van der Waals surface area contributed by atoms with Gasteiger partial charge in [0.25, 0.3) is 0 Å². The van der Waals surface area contributed by atoms with Gasteiger partial charge in [-0.05, 0) is 54.6 Å². The van der Waals surface area contributed by atoms with Gasteiger partial charge in [-0.15, -0.1) is 0 Å². The SMILES string of the molecule is O=S(=O)(NCc1ccc(C=Nc2cccc(Cl)c2)o1)c1ccc(Br)cc1. The first kappa shape index (κ1) is 18.8. The molecule has 3 aromatic rings. The Labute approximate surface area is 164 Å². The smallest absolute Gasteiger partial charge is 0.240 e. The molecule has 1 aromatic heterocycles. The van der Waals surface area contributed by atoms with Gasteiger partial charge in [0.15, 0.2) is 0 Å². The van der Waals surface area contributed by atoms with Crippen LogP contribution in [0.1, 0.15) is 11.5 Å².